The van der Waals surface area contributed by atoms with Gasteiger partial charge in [0.25, 0.3) is 0 Å². The molecular formula is C12H22N4O. The largest absolute Gasteiger partial charge is 0.424 e. The predicted octanol–water partition coefficient (Wildman–Crippen LogP) is 1.20. The first kappa shape index (κ1) is 12.5. The van der Waals surface area contributed by atoms with E-state index in [9.17, 15) is 0 Å². The molecule has 5 heteroatoms. The van der Waals surface area contributed by atoms with Crippen molar-refractivity contribution < 1.29 is 4.42 Å². The molecule has 1 atom stereocenters. The van der Waals surface area contributed by atoms with Gasteiger partial charge >= 0.3 is 0 Å². The van der Waals surface area contributed by atoms with E-state index in [-0.39, 0.29) is 0 Å². The maximum Gasteiger partial charge on any atom is 0.230 e. The van der Waals surface area contributed by atoms with E-state index in [0.29, 0.717) is 24.2 Å². The fourth-order valence-electron chi connectivity index (χ4n) is 2.30. The van der Waals surface area contributed by atoms with Crippen LogP contribution in [0.2, 0.25) is 0 Å². The van der Waals surface area contributed by atoms with Crippen LogP contribution in [-0.2, 0) is 6.54 Å². The molecule has 2 rings (SSSR count). The van der Waals surface area contributed by atoms with E-state index in [1.807, 2.05) is 6.92 Å². The zero-order valence-corrected chi connectivity index (χ0v) is 10.8. The van der Waals surface area contributed by atoms with E-state index in [1.165, 1.54) is 32.5 Å². The van der Waals surface area contributed by atoms with Crippen LogP contribution in [-0.4, -0.2) is 41.3 Å². The molecule has 1 aromatic rings. The number of nitrogens with zero attached hydrogens (tertiary/aromatic N) is 3. The highest BCUT2D eigenvalue weighted by Gasteiger charge is 2.14. The molecule has 0 spiro atoms. The third kappa shape index (κ3) is 4.09. The summed E-state index contributed by atoms with van der Waals surface area (Å²) in [4.78, 5) is 2.54. The second-order valence-corrected chi connectivity index (χ2v) is 4.96. The Balaban J connectivity index is 1.60. The molecule has 1 N–H and O–H groups in total. The zero-order valence-electron chi connectivity index (χ0n) is 10.8. The van der Waals surface area contributed by atoms with Gasteiger partial charge in [0.1, 0.15) is 0 Å². The molecule has 0 aromatic carbocycles. The lowest BCUT2D eigenvalue weighted by molar-refractivity contribution is 0.280. The minimum absolute atomic E-state index is 0.631. The Kier molecular flexibility index (Phi) is 4.50. The summed E-state index contributed by atoms with van der Waals surface area (Å²) in [5, 5.41) is 11.1. The van der Waals surface area contributed by atoms with E-state index < -0.39 is 0 Å². The first-order chi connectivity index (χ1) is 8.24. The maximum atomic E-state index is 5.30. The first-order valence-electron chi connectivity index (χ1n) is 6.46. The molecule has 1 aliphatic rings. The number of likely N-dealkylation sites (tertiary alicyclic amines) is 1. The van der Waals surface area contributed by atoms with Gasteiger partial charge in [-0.15, -0.1) is 10.2 Å². The normalized spacial score (nSPS) is 18.7. The average Bonchev–Trinajstić information content (AvgIpc) is 2.90. The Morgan fingerprint density at radius 2 is 2.12 bits per heavy atom. The monoisotopic (exact) mass is 238 g/mol. The molecule has 0 radical (unpaired) electrons. The van der Waals surface area contributed by atoms with Gasteiger partial charge in [-0.3, -0.25) is 0 Å². The van der Waals surface area contributed by atoms with E-state index in [1.54, 1.807) is 0 Å². The smallest absolute Gasteiger partial charge is 0.230 e. The molecule has 1 unspecified atom stereocenters. The molecule has 0 saturated carbocycles. The first-order valence-corrected chi connectivity index (χ1v) is 6.46. The Hall–Kier alpha value is -0.940. The number of rotatable bonds is 6. The molecule has 1 aromatic heterocycles. The van der Waals surface area contributed by atoms with E-state index >= 15 is 0 Å². The van der Waals surface area contributed by atoms with Crippen molar-refractivity contribution in [2.45, 2.75) is 33.2 Å². The Morgan fingerprint density at radius 1 is 1.35 bits per heavy atom. The number of hydrogen-bond acceptors (Lipinski definition) is 5. The second kappa shape index (κ2) is 6.12. The summed E-state index contributed by atoms with van der Waals surface area (Å²) < 4.78 is 5.30. The molecule has 0 bridgehead atoms. The number of nitrogens with one attached hydrogen (secondary N) is 1. The van der Waals surface area contributed by atoms with Crippen LogP contribution >= 0.6 is 0 Å². The van der Waals surface area contributed by atoms with Crippen LogP contribution in [0.25, 0.3) is 0 Å². The summed E-state index contributed by atoms with van der Waals surface area (Å²) in [5.74, 6) is 1.97. The molecule has 1 saturated heterocycles. The predicted molar refractivity (Wildman–Crippen MR) is 65.6 cm³/mol. The van der Waals surface area contributed by atoms with Gasteiger partial charge in [0.05, 0.1) is 6.54 Å². The maximum absolute atomic E-state index is 5.30. The molecule has 0 amide bonds. The lowest BCUT2D eigenvalue weighted by atomic mass is 10.1. The Labute approximate surface area is 103 Å². The summed E-state index contributed by atoms with van der Waals surface area (Å²) in [6.45, 7) is 9.50. The number of aromatic nitrogens is 2. The summed E-state index contributed by atoms with van der Waals surface area (Å²) in [6.07, 6.45) is 2.73. The van der Waals surface area contributed by atoms with Crippen molar-refractivity contribution >= 4 is 0 Å². The SMILES string of the molecule is Cc1nnc(CNCC(C)CN2CCCC2)o1. The van der Waals surface area contributed by atoms with Crippen LogP contribution in [0.5, 0.6) is 0 Å². The van der Waals surface area contributed by atoms with Gasteiger partial charge in [-0.1, -0.05) is 6.92 Å². The van der Waals surface area contributed by atoms with Crippen LogP contribution < -0.4 is 5.32 Å². The van der Waals surface area contributed by atoms with Gasteiger partial charge in [-0.2, -0.15) is 0 Å². The lowest BCUT2D eigenvalue weighted by Crippen LogP contribution is -2.31. The standard InChI is InChI=1S/C12H22N4O/c1-10(9-16-5-3-4-6-16)7-13-8-12-15-14-11(2)17-12/h10,13H,3-9H2,1-2H3. The van der Waals surface area contributed by atoms with Crippen molar-refractivity contribution in [2.24, 2.45) is 5.92 Å². The summed E-state index contributed by atoms with van der Waals surface area (Å²) in [5.41, 5.74) is 0. The highest BCUT2D eigenvalue weighted by molar-refractivity contribution is 4.78. The van der Waals surface area contributed by atoms with Gasteiger partial charge in [0, 0.05) is 13.5 Å². The van der Waals surface area contributed by atoms with E-state index in [4.69, 9.17) is 4.42 Å². The van der Waals surface area contributed by atoms with Crippen molar-refractivity contribution in [3.05, 3.63) is 11.8 Å². The van der Waals surface area contributed by atoms with Gasteiger partial charge in [0.15, 0.2) is 0 Å². The molecule has 1 aliphatic heterocycles. The molecule has 0 aliphatic carbocycles. The third-order valence-electron chi connectivity index (χ3n) is 3.11. The minimum Gasteiger partial charge on any atom is -0.424 e. The Morgan fingerprint density at radius 3 is 2.76 bits per heavy atom. The highest BCUT2D eigenvalue weighted by atomic mass is 16.4. The van der Waals surface area contributed by atoms with E-state index in [0.717, 1.165) is 6.54 Å². The topological polar surface area (TPSA) is 54.2 Å². The van der Waals surface area contributed by atoms with Crippen LogP contribution in [0, 0.1) is 12.8 Å². The molecular weight excluding hydrogens is 216 g/mol. The third-order valence-corrected chi connectivity index (χ3v) is 3.11. The van der Waals surface area contributed by atoms with E-state index in [2.05, 4.69) is 27.3 Å². The van der Waals surface area contributed by atoms with Crippen LogP contribution in [0.15, 0.2) is 4.42 Å². The number of hydrogen-bond donors (Lipinski definition) is 1. The van der Waals surface area contributed by atoms with Crippen LogP contribution in [0.4, 0.5) is 0 Å². The summed E-state index contributed by atoms with van der Waals surface area (Å²) >= 11 is 0. The molecule has 1 fully saturated rings. The van der Waals surface area contributed by atoms with Crippen molar-refractivity contribution in [2.75, 3.05) is 26.2 Å². The molecule has 5 nitrogen and oxygen atoms in total. The van der Waals surface area contributed by atoms with Gasteiger partial charge in [0.2, 0.25) is 11.8 Å². The number of aryl methyl sites for hydroxylation is 1. The van der Waals surface area contributed by atoms with Gasteiger partial charge in [-0.25, -0.2) is 0 Å². The fourth-order valence-corrected chi connectivity index (χ4v) is 2.30. The lowest BCUT2D eigenvalue weighted by Gasteiger charge is -2.20. The Bertz CT molecular complexity index is 333. The van der Waals surface area contributed by atoms with Gasteiger partial charge < -0.3 is 14.6 Å². The van der Waals surface area contributed by atoms with Crippen LogP contribution in [0.3, 0.4) is 0 Å². The van der Waals surface area contributed by atoms with Crippen LogP contribution in [0.1, 0.15) is 31.5 Å². The minimum atomic E-state index is 0.631. The summed E-state index contributed by atoms with van der Waals surface area (Å²) in [6, 6.07) is 0. The quantitative estimate of drug-likeness (QED) is 0.807. The second-order valence-electron chi connectivity index (χ2n) is 4.96. The zero-order chi connectivity index (χ0) is 12.1. The van der Waals surface area contributed by atoms with Crippen molar-refractivity contribution in [3.8, 4) is 0 Å². The van der Waals surface area contributed by atoms with Crippen molar-refractivity contribution in [1.29, 1.82) is 0 Å². The summed E-state index contributed by atoms with van der Waals surface area (Å²) in [7, 11) is 0. The average molecular weight is 238 g/mol. The molecule has 2 heterocycles. The highest BCUT2D eigenvalue weighted by Crippen LogP contribution is 2.09. The fraction of sp³-hybridized carbons (Fsp3) is 0.833. The molecule has 17 heavy (non-hydrogen) atoms. The van der Waals surface area contributed by atoms with Crippen molar-refractivity contribution in [1.82, 2.24) is 20.4 Å². The van der Waals surface area contributed by atoms with Crippen molar-refractivity contribution in [3.63, 3.8) is 0 Å². The van der Waals surface area contributed by atoms with Gasteiger partial charge in [-0.05, 0) is 38.4 Å². The molecule has 96 valence electrons.